The Morgan fingerprint density at radius 1 is 1.42 bits per heavy atom. The van der Waals surface area contributed by atoms with Crippen molar-refractivity contribution in [2.24, 2.45) is 4.99 Å². The second-order valence-electron chi connectivity index (χ2n) is 5.18. The molecule has 1 aromatic carbocycles. The highest BCUT2D eigenvalue weighted by Gasteiger charge is 2.13. The fourth-order valence-electron chi connectivity index (χ4n) is 2.04. The second kappa shape index (κ2) is 10.3. The zero-order valence-electron chi connectivity index (χ0n) is 14.1. The Balaban J connectivity index is 2.45. The van der Waals surface area contributed by atoms with Crippen molar-refractivity contribution >= 4 is 27.6 Å². The van der Waals surface area contributed by atoms with Crippen LogP contribution >= 0.6 is 11.6 Å². The van der Waals surface area contributed by atoms with E-state index in [9.17, 15) is 8.42 Å². The molecule has 0 aliphatic rings. The van der Waals surface area contributed by atoms with Crippen molar-refractivity contribution < 1.29 is 8.42 Å². The van der Waals surface area contributed by atoms with Gasteiger partial charge in [0, 0.05) is 38.8 Å². The Labute approximate surface area is 149 Å². The molecule has 0 heterocycles. The Kier molecular flexibility index (Phi) is 8.81. The fraction of sp³-hybridized carbons (Fsp3) is 0.438. The molecule has 0 saturated carbocycles. The summed E-state index contributed by atoms with van der Waals surface area (Å²) >= 11 is 5.83. The third-order valence-corrected chi connectivity index (χ3v) is 4.98. The summed E-state index contributed by atoms with van der Waals surface area (Å²) < 4.78 is 26.9. The number of rotatable bonds is 9. The SMILES string of the molecule is C=CCCCN(C)C(=NC)NCCNS(=O)(=O)c1cccc(Cl)c1. The van der Waals surface area contributed by atoms with Gasteiger partial charge in [0.05, 0.1) is 4.90 Å². The molecular weight excluding hydrogens is 348 g/mol. The van der Waals surface area contributed by atoms with Crippen molar-refractivity contribution in [2.45, 2.75) is 17.7 Å². The van der Waals surface area contributed by atoms with E-state index >= 15 is 0 Å². The van der Waals surface area contributed by atoms with Gasteiger partial charge in [-0.3, -0.25) is 4.99 Å². The van der Waals surface area contributed by atoms with Gasteiger partial charge in [-0.25, -0.2) is 13.1 Å². The quantitative estimate of drug-likeness (QED) is 0.301. The fourth-order valence-corrected chi connectivity index (χ4v) is 3.37. The molecule has 0 fully saturated rings. The highest BCUT2D eigenvalue weighted by molar-refractivity contribution is 7.89. The molecule has 0 spiro atoms. The van der Waals surface area contributed by atoms with E-state index < -0.39 is 10.0 Å². The molecule has 0 aliphatic heterocycles. The van der Waals surface area contributed by atoms with Crippen molar-refractivity contribution in [2.75, 3.05) is 33.7 Å². The molecule has 0 radical (unpaired) electrons. The lowest BCUT2D eigenvalue weighted by Crippen LogP contribution is -2.42. The van der Waals surface area contributed by atoms with Gasteiger partial charge in [-0.1, -0.05) is 23.7 Å². The predicted octanol–water partition coefficient (Wildman–Crippen LogP) is 2.09. The topological polar surface area (TPSA) is 73.8 Å². The van der Waals surface area contributed by atoms with Crippen LogP contribution in [0.5, 0.6) is 0 Å². The summed E-state index contributed by atoms with van der Waals surface area (Å²) in [6.45, 7) is 5.22. The van der Waals surface area contributed by atoms with Gasteiger partial charge in [0.25, 0.3) is 0 Å². The summed E-state index contributed by atoms with van der Waals surface area (Å²) in [7, 11) is 0.0717. The number of aliphatic imine (C=N–C) groups is 1. The van der Waals surface area contributed by atoms with Crippen LogP contribution in [0.15, 0.2) is 46.8 Å². The van der Waals surface area contributed by atoms with Crippen molar-refractivity contribution in [3.8, 4) is 0 Å². The number of nitrogens with one attached hydrogen (secondary N) is 2. The standard InChI is InChI=1S/C16H25ClN4O2S/c1-4-5-6-12-21(3)16(18-2)19-10-11-20-24(22,23)15-9-7-8-14(17)13-15/h4,7-9,13,20H,1,5-6,10-12H2,2-3H3,(H,18,19). The van der Waals surface area contributed by atoms with E-state index in [0.717, 1.165) is 25.3 Å². The molecule has 0 amide bonds. The molecule has 2 N–H and O–H groups in total. The van der Waals surface area contributed by atoms with Crippen molar-refractivity contribution in [1.29, 1.82) is 0 Å². The number of allylic oxidation sites excluding steroid dienone is 1. The number of hydrogen-bond acceptors (Lipinski definition) is 3. The van der Waals surface area contributed by atoms with Crippen LogP contribution in [-0.4, -0.2) is 53.0 Å². The molecular formula is C16H25ClN4O2S. The van der Waals surface area contributed by atoms with Crippen LogP contribution in [0, 0.1) is 0 Å². The first-order valence-corrected chi connectivity index (χ1v) is 9.54. The lowest BCUT2D eigenvalue weighted by atomic mass is 10.3. The van der Waals surface area contributed by atoms with Gasteiger partial charge >= 0.3 is 0 Å². The Bertz CT molecular complexity index is 662. The lowest BCUT2D eigenvalue weighted by Gasteiger charge is -2.21. The first-order chi connectivity index (χ1) is 11.4. The van der Waals surface area contributed by atoms with Gasteiger partial charge in [-0.05, 0) is 31.0 Å². The average molecular weight is 373 g/mol. The van der Waals surface area contributed by atoms with E-state index in [1.54, 1.807) is 19.2 Å². The zero-order chi connectivity index (χ0) is 18.0. The van der Waals surface area contributed by atoms with Crippen LogP contribution in [0.25, 0.3) is 0 Å². The predicted molar refractivity (Wildman–Crippen MR) is 100 cm³/mol. The first kappa shape index (κ1) is 20.5. The minimum absolute atomic E-state index is 0.154. The number of guanidine groups is 1. The molecule has 0 saturated heterocycles. The van der Waals surface area contributed by atoms with Crippen molar-refractivity contribution in [3.63, 3.8) is 0 Å². The minimum atomic E-state index is -3.56. The molecule has 24 heavy (non-hydrogen) atoms. The molecule has 0 atom stereocenters. The minimum Gasteiger partial charge on any atom is -0.355 e. The summed E-state index contributed by atoms with van der Waals surface area (Å²) in [5, 5.41) is 3.52. The van der Waals surface area contributed by atoms with Crippen LogP contribution in [0.4, 0.5) is 0 Å². The molecule has 8 heteroatoms. The molecule has 134 valence electrons. The monoisotopic (exact) mass is 372 g/mol. The van der Waals surface area contributed by atoms with E-state index in [4.69, 9.17) is 11.6 Å². The highest BCUT2D eigenvalue weighted by atomic mass is 35.5. The van der Waals surface area contributed by atoms with Gasteiger partial charge in [0.2, 0.25) is 10.0 Å². The number of halogens is 1. The summed E-state index contributed by atoms with van der Waals surface area (Å²) in [5.74, 6) is 0.723. The molecule has 0 bridgehead atoms. The van der Waals surface area contributed by atoms with Crippen LogP contribution in [0.1, 0.15) is 12.8 Å². The summed E-state index contributed by atoms with van der Waals surface area (Å²) in [5.41, 5.74) is 0. The van der Waals surface area contributed by atoms with Gasteiger partial charge in [-0.15, -0.1) is 6.58 Å². The van der Waals surface area contributed by atoms with Gasteiger partial charge in [0.15, 0.2) is 5.96 Å². The number of unbranched alkanes of at least 4 members (excludes halogenated alkanes) is 1. The van der Waals surface area contributed by atoms with Crippen LogP contribution in [0.2, 0.25) is 5.02 Å². The van der Waals surface area contributed by atoms with Crippen LogP contribution in [0.3, 0.4) is 0 Å². The number of benzene rings is 1. The van der Waals surface area contributed by atoms with E-state index in [2.05, 4.69) is 21.6 Å². The summed E-state index contributed by atoms with van der Waals surface area (Å²) in [6, 6.07) is 6.17. The number of sulfonamides is 1. The average Bonchev–Trinajstić information content (AvgIpc) is 2.55. The highest BCUT2D eigenvalue weighted by Crippen LogP contribution is 2.14. The zero-order valence-corrected chi connectivity index (χ0v) is 15.7. The van der Waals surface area contributed by atoms with Crippen molar-refractivity contribution in [1.82, 2.24) is 14.9 Å². The van der Waals surface area contributed by atoms with Crippen LogP contribution in [-0.2, 0) is 10.0 Å². The maximum atomic E-state index is 12.2. The van der Waals surface area contributed by atoms with E-state index in [1.165, 1.54) is 12.1 Å². The van der Waals surface area contributed by atoms with Crippen LogP contribution < -0.4 is 10.0 Å². The number of hydrogen-bond donors (Lipinski definition) is 2. The molecule has 6 nitrogen and oxygen atoms in total. The molecule has 1 aromatic rings. The summed E-state index contributed by atoms with van der Waals surface area (Å²) in [4.78, 5) is 6.33. The molecule has 0 aliphatic carbocycles. The smallest absolute Gasteiger partial charge is 0.240 e. The number of nitrogens with zero attached hydrogens (tertiary/aromatic N) is 2. The normalized spacial score (nSPS) is 12.0. The maximum Gasteiger partial charge on any atom is 0.240 e. The molecule has 0 unspecified atom stereocenters. The van der Waals surface area contributed by atoms with E-state index in [-0.39, 0.29) is 11.4 Å². The Morgan fingerprint density at radius 2 is 2.17 bits per heavy atom. The maximum absolute atomic E-state index is 12.2. The van der Waals surface area contributed by atoms with E-state index in [1.807, 2.05) is 18.0 Å². The van der Waals surface area contributed by atoms with Gasteiger partial charge in [-0.2, -0.15) is 0 Å². The largest absolute Gasteiger partial charge is 0.355 e. The molecule has 1 rings (SSSR count). The lowest BCUT2D eigenvalue weighted by molar-refractivity contribution is 0.470. The second-order valence-corrected chi connectivity index (χ2v) is 7.38. The third-order valence-electron chi connectivity index (χ3n) is 3.28. The summed E-state index contributed by atoms with van der Waals surface area (Å²) in [6.07, 6.45) is 3.82. The third kappa shape index (κ3) is 6.90. The Morgan fingerprint density at radius 3 is 2.79 bits per heavy atom. The Hall–Kier alpha value is -1.57. The van der Waals surface area contributed by atoms with Gasteiger partial charge in [0.1, 0.15) is 0 Å². The van der Waals surface area contributed by atoms with Crippen molar-refractivity contribution in [3.05, 3.63) is 41.9 Å². The first-order valence-electron chi connectivity index (χ1n) is 7.68. The van der Waals surface area contributed by atoms with E-state index in [0.29, 0.717) is 11.6 Å². The molecule has 0 aromatic heterocycles. The van der Waals surface area contributed by atoms with Gasteiger partial charge < -0.3 is 10.2 Å².